The van der Waals surface area contributed by atoms with E-state index in [4.69, 9.17) is 26.8 Å². The van der Waals surface area contributed by atoms with E-state index in [9.17, 15) is 33.6 Å². The summed E-state index contributed by atoms with van der Waals surface area (Å²) in [6.07, 6.45) is -2.78. The van der Waals surface area contributed by atoms with E-state index in [0.29, 0.717) is 0 Å². The summed E-state index contributed by atoms with van der Waals surface area (Å²) in [6.45, 7) is 3.26. The molecule has 0 aliphatic heterocycles. The second kappa shape index (κ2) is 13.6. The quantitative estimate of drug-likeness (QED) is 0.116. The zero-order valence-electron chi connectivity index (χ0n) is 18.1. The van der Waals surface area contributed by atoms with Gasteiger partial charge in [-0.2, -0.15) is 0 Å². The normalized spacial score (nSPS) is 14.3. The van der Waals surface area contributed by atoms with Crippen LogP contribution in [0.15, 0.2) is 0 Å². The smallest absolute Gasteiger partial charge is 0.326 e. The molecule has 0 aromatic heterocycles. The highest BCUT2D eigenvalue weighted by Gasteiger charge is 2.32. The largest absolute Gasteiger partial charge is 0.481 e. The highest BCUT2D eigenvalue weighted by molar-refractivity contribution is 5.97. The van der Waals surface area contributed by atoms with Gasteiger partial charge in [0.05, 0.1) is 18.9 Å². The summed E-state index contributed by atoms with van der Waals surface area (Å²) >= 11 is 0. The zero-order chi connectivity index (χ0) is 25.9. The van der Waals surface area contributed by atoms with E-state index in [-0.39, 0.29) is 5.92 Å². The third kappa shape index (κ3) is 11.4. The number of hydrogen-bond donors (Lipinski definition) is 8. The average Bonchev–Trinajstić information content (AvgIpc) is 2.67. The van der Waals surface area contributed by atoms with E-state index < -0.39 is 91.4 Å². The van der Waals surface area contributed by atoms with E-state index in [1.165, 1.54) is 0 Å². The molecule has 0 aliphatic carbocycles. The van der Waals surface area contributed by atoms with E-state index in [1.54, 1.807) is 13.8 Å². The molecule has 0 saturated carbocycles. The van der Waals surface area contributed by atoms with Gasteiger partial charge in [0.15, 0.2) is 0 Å². The Balaban J connectivity index is 5.56. The van der Waals surface area contributed by atoms with Crippen molar-refractivity contribution in [3.05, 3.63) is 0 Å². The van der Waals surface area contributed by atoms with Crippen molar-refractivity contribution in [3.8, 4) is 0 Å². The van der Waals surface area contributed by atoms with Gasteiger partial charge < -0.3 is 42.7 Å². The van der Waals surface area contributed by atoms with Gasteiger partial charge in [0.2, 0.25) is 23.6 Å². The van der Waals surface area contributed by atoms with Crippen molar-refractivity contribution in [2.75, 3.05) is 0 Å². The molecule has 0 fully saturated rings. The summed E-state index contributed by atoms with van der Waals surface area (Å²) in [5, 5.41) is 33.1. The van der Waals surface area contributed by atoms with Crippen LogP contribution in [-0.2, 0) is 33.6 Å². The van der Waals surface area contributed by atoms with Crippen LogP contribution in [0, 0.1) is 5.92 Å². The number of nitrogens with one attached hydrogen (secondary N) is 3. The summed E-state index contributed by atoms with van der Waals surface area (Å²) in [7, 11) is 0. The maximum Gasteiger partial charge on any atom is 0.326 e. The van der Waals surface area contributed by atoms with Crippen LogP contribution in [0.5, 0.6) is 0 Å². The second-order valence-corrected chi connectivity index (χ2v) is 7.49. The Kier molecular flexibility index (Phi) is 12.1. The molecule has 0 bridgehead atoms. The average molecular weight is 475 g/mol. The first-order valence-corrected chi connectivity index (χ1v) is 9.77. The minimum absolute atomic E-state index is 0.327. The van der Waals surface area contributed by atoms with Gasteiger partial charge in [-0.3, -0.25) is 28.8 Å². The molecule has 4 unspecified atom stereocenters. The molecule has 4 amide bonds. The predicted octanol–water partition coefficient (Wildman–Crippen LogP) is -3.28. The Labute approximate surface area is 188 Å². The van der Waals surface area contributed by atoms with E-state index >= 15 is 0 Å². The molecule has 0 heterocycles. The molecular formula is C18H29N5O10. The Bertz CT molecular complexity index is 785. The van der Waals surface area contributed by atoms with E-state index in [0.717, 1.165) is 0 Å². The van der Waals surface area contributed by atoms with Gasteiger partial charge in [0.25, 0.3) is 0 Å². The molecule has 0 spiro atoms. The fourth-order valence-corrected chi connectivity index (χ4v) is 2.43. The number of hydrogen-bond acceptors (Lipinski definition) is 8. The monoisotopic (exact) mass is 475 g/mol. The topological polar surface area (TPSA) is 268 Å². The fraction of sp³-hybridized carbons (Fsp3) is 0.611. The molecule has 0 aliphatic rings. The molecule has 33 heavy (non-hydrogen) atoms. The second-order valence-electron chi connectivity index (χ2n) is 7.49. The van der Waals surface area contributed by atoms with Crippen molar-refractivity contribution in [1.29, 1.82) is 0 Å². The van der Waals surface area contributed by atoms with Gasteiger partial charge in [-0.15, -0.1) is 0 Å². The molecule has 0 aromatic carbocycles. The van der Waals surface area contributed by atoms with Gasteiger partial charge in [-0.05, 0) is 12.3 Å². The molecule has 15 heteroatoms. The van der Waals surface area contributed by atoms with Crippen LogP contribution in [0.2, 0.25) is 0 Å². The van der Waals surface area contributed by atoms with Crippen molar-refractivity contribution in [1.82, 2.24) is 16.0 Å². The Morgan fingerprint density at radius 2 is 1.18 bits per heavy atom. The summed E-state index contributed by atoms with van der Waals surface area (Å²) < 4.78 is 0. The number of amides is 4. The first kappa shape index (κ1) is 29.2. The number of carboxylic acid groups (broad SMARTS) is 3. The maximum absolute atomic E-state index is 12.6. The van der Waals surface area contributed by atoms with Gasteiger partial charge >= 0.3 is 17.9 Å². The predicted molar refractivity (Wildman–Crippen MR) is 109 cm³/mol. The molecular weight excluding hydrogens is 446 g/mol. The van der Waals surface area contributed by atoms with E-state index in [2.05, 4.69) is 5.32 Å². The highest BCUT2D eigenvalue weighted by Crippen LogP contribution is 2.04. The van der Waals surface area contributed by atoms with Crippen molar-refractivity contribution in [2.24, 2.45) is 17.4 Å². The molecule has 10 N–H and O–H groups in total. The van der Waals surface area contributed by atoms with Crippen LogP contribution in [-0.4, -0.2) is 81.0 Å². The third-order valence-electron chi connectivity index (χ3n) is 4.33. The molecule has 186 valence electrons. The Morgan fingerprint density at radius 3 is 1.58 bits per heavy atom. The number of carboxylic acids is 3. The Morgan fingerprint density at radius 1 is 0.727 bits per heavy atom. The molecule has 15 nitrogen and oxygen atoms in total. The highest BCUT2D eigenvalue weighted by atomic mass is 16.4. The van der Waals surface area contributed by atoms with Crippen LogP contribution >= 0.6 is 0 Å². The van der Waals surface area contributed by atoms with Crippen molar-refractivity contribution in [3.63, 3.8) is 0 Å². The lowest BCUT2D eigenvalue weighted by molar-refractivity contribution is -0.144. The lowest BCUT2D eigenvalue weighted by Crippen LogP contribution is -2.58. The third-order valence-corrected chi connectivity index (χ3v) is 4.33. The van der Waals surface area contributed by atoms with Gasteiger partial charge in [0, 0.05) is 6.42 Å². The Hall–Kier alpha value is -3.75. The minimum Gasteiger partial charge on any atom is -0.481 e. The molecule has 0 aromatic rings. The van der Waals surface area contributed by atoms with Crippen molar-refractivity contribution >= 4 is 41.5 Å². The summed E-state index contributed by atoms with van der Waals surface area (Å²) in [5.74, 6) is -8.93. The maximum atomic E-state index is 12.6. The zero-order valence-corrected chi connectivity index (χ0v) is 18.1. The van der Waals surface area contributed by atoms with Crippen LogP contribution < -0.4 is 27.4 Å². The van der Waals surface area contributed by atoms with Gasteiger partial charge in [-0.1, -0.05) is 13.8 Å². The van der Waals surface area contributed by atoms with Crippen molar-refractivity contribution < 1.29 is 48.9 Å². The SMILES string of the molecule is CC(C)C(N)C(=O)NC(CC(N)=O)C(=O)NC(CC(=O)O)C(=O)NC(CCC(=O)O)C(=O)O. The van der Waals surface area contributed by atoms with Crippen LogP contribution in [0.3, 0.4) is 0 Å². The molecule has 0 rings (SSSR count). The van der Waals surface area contributed by atoms with Crippen molar-refractivity contribution in [2.45, 2.75) is 63.7 Å². The number of rotatable bonds is 15. The number of nitrogens with two attached hydrogens (primary N) is 2. The summed E-state index contributed by atoms with van der Waals surface area (Å²) in [6, 6.07) is -6.12. The lowest BCUT2D eigenvalue weighted by Gasteiger charge is -2.24. The number of primary amides is 1. The van der Waals surface area contributed by atoms with Crippen LogP contribution in [0.1, 0.15) is 39.5 Å². The standard InChI is InChI=1S/C18H29N5O10/c1-7(2)14(20)17(31)23-9(5-11(19)24)15(29)22-10(6-13(27)28)16(30)21-8(18(32)33)3-4-12(25)26/h7-10,14H,3-6,20H2,1-2H3,(H2,19,24)(H,21,30)(H,22,29)(H,23,31)(H,25,26)(H,27,28)(H,32,33). The fourth-order valence-electron chi connectivity index (χ4n) is 2.43. The first-order chi connectivity index (χ1) is 15.1. The lowest BCUT2D eigenvalue weighted by atomic mass is 10.0. The summed E-state index contributed by atoms with van der Waals surface area (Å²) in [4.78, 5) is 81.6. The molecule has 0 saturated heterocycles. The minimum atomic E-state index is -1.81. The van der Waals surface area contributed by atoms with E-state index in [1.807, 2.05) is 10.6 Å². The van der Waals surface area contributed by atoms with Gasteiger partial charge in [-0.25, -0.2) is 4.79 Å². The number of aliphatic carboxylic acids is 3. The van der Waals surface area contributed by atoms with Gasteiger partial charge in [0.1, 0.15) is 18.1 Å². The summed E-state index contributed by atoms with van der Waals surface area (Å²) in [5.41, 5.74) is 10.8. The number of carbonyl (C=O) groups is 7. The van der Waals surface area contributed by atoms with Crippen LogP contribution in [0.25, 0.3) is 0 Å². The molecule has 0 radical (unpaired) electrons. The van der Waals surface area contributed by atoms with Crippen LogP contribution in [0.4, 0.5) is 0 Å². The molecule has 4 atom stereocenters. The first-order valence-electron chi connectivity index (χ1n) is 9.77. The number of carbonyl (C=O) groups excluding carboxylic acids is 4.